The van der Waals surface area contributed by atoms with E-state index in [1.807, 2.05) is 37.3 Å². The van der Waals surface area contributed by atoms with Gasteiger partial charge in [-0.3, -0.25) is 0 Å². The molecule has 0 saturated carbocycles. The lowest BCUT2D eigenvalue weighted by molar-refractivity contribution is 0.372. The highest BCUT2D eigenvalue weighted by atomic mass is 79.9. The lowest BCUT2D eigenvalue weighted by Crippen LogP contribution is -1.93. The van der Waals surface area contributed by atoms with Crippen LogP contribution in [0.3, 0.4) is 0 Å². The van der Waals surface area contributed by atoms with Crippen LogP contribution >= 0.6 is 15.9 Å². The van der Waals surface area contributed by atoms with Crippen LogP contribution in [0.25, 0.3) is 11.5 Å². The third-order valence-electron chi connectivity index (χ3n) is 3.68. The number of nitriles is 1. The van der Waals surface area contributed by atoms with Gasteiger partial charge in [0, 0.05) is 5.56 Å². The molecule has 0 fully saturated rings. The van der Waals surface area contributed by atoms with Crippen LogP contribution in [-0.2, 0) is 0 Å². The summed E-state index contributed by atoms with van der Waals surface area (Å²) in [5.74, 6) is 0.796. The molecule has 8 heteroatoms. The number of aromatic nitrogens is 1. The summed E-state index contributed by atoms with van der Waals surface area (Å²) in [6, 6.07) is 12.9. The van der Waals surface area contributed by atoms with Gasteiger partial charge < -0.3 is 14.3 Å². The molecule has 2 N–H and O–H groups in total. The molecule has 0 unspecified atom stereocenters. The number of hydrazone groups is 1. The summed E-state index contributed by atoms with van der Waals surface area (Å²) in [4.78, 5) is 4.18. The highest BCUT2D eigenvalue weighted by molar-refractivity contribution is 9.10. The van der Waals surface area contributed by atoms with Gasteiger partial charge in [-0.15, -0.1) is 0 Å². The van der Waals surface area contributed by atoms with E-state index in [0.717, 1.165) is 11.1 Å². The van der Waals surface area contributed by atoms with Crippen molar-refractivity contribution in [2.45, 2.75) is 6.92 Å². The van der Waals surface area contributed by atoms with Crippen LogP contribution in [0.2, 0.25) is 0 Å². The second-order valence-corrected chi connectivity index (χ2v) is 6.45. The summed E-state index contributed by atoms with van der Waals surface area (Å²) in [6.07, 6.45) is 1.50. The van der Waals surface area contributed by atoms with E-state index in [-0.39, 0.29) is 17.3 Å². The molecular formula is C19H15BrN4O3. The van der Waals surface area contributed by atoms with Crippen LogP contribution in [0.5, 0.6) is 11.5 Å². The predicted octanol–water partition coefficient (Wildman–Crippen LogP) is 4.44. The maximum absolute atomic E-state index is 9.83. The smallest absolute Gasteiger partial charge is 0.252 e. The number of benzene rings is 2. The molecule has 0 aliphatic heterocycles. The van der Waals surface area contributed by atoms with Gasteiger partial charge >= 0.3 is 0 Å². The molecule has 27 heavy (non-hydrogen) atoms. The number of phenolic OH excluding ortho intramolecular Hbond substituents is 1. The SMILES string of the molecule is COc1cc(/C=N/Nc2oc(-c3ccc(C)cc3)nc2C#N)cc(Br)c1O. The van der Waals surface area contributed by atoms with E-state index in [4.69, 9.17) is 9.15 Å². The first kappa shape index (κ1) is 18.5. The molecule has 7 nitrogen and oxygen atoms in total. The molecule has 0 amide bonds. The number of ether oxygens (including phenoxy) is 1. The first-order chi connectivity index (χ1) is 13.0. The zero-order chi connectivity index (χ0) is 19.4. The Morgan fingerprint density at radius 2 is 2.07 bits per heavy atom. The van der Waals surface area contributed by atoms with Gasteiger partial charge in [-0.05, 0) is 52.7 Å². The van der Waals surface area contributed by atoms with Crippen molar-refractivity contribution in [3.8, 4) is 29.0 Å². The van der Waals surface area contributed by atoms with Crippen LogP contribution < -0.4 is 10.2 Å². The zero-order valence-corrected chi connectivity index (χ0v) is 16.1. The van der Waals surface area contributed by atoms with Gasteiger partial charge in [-0.1, -0.05) is 17.7 Å². The highest BCUT2D eigenvalue weighted by Crippen LogP contribution is 2.34. The van der Waals surface area contributed by atoms with E-state index in [1.165, 1.54) is 13.3 Å². The third-order valence-corrected chi connectivity index (χ3v) is 4.29. The molecule has 0 atom stereocenters. The summed E-state index contributed by atoms with van der Waals surface area (Å²) in [5.41, 5.74) is 5.34. The quantitative estimate of drug-likeness (QED) is 0.461. The van der Waals surface area contributed by atoms with Crippen molar-refractivity contribution in [1.29, 1.82) is 5.26 Å². The van der Waals surface area contributed by atoms with E-state index in [9.17, 15) is 10.4 Å². The van der Waals surface area contributed by atoms with Gasteiger partial charge in [0.15, 0.2) is 11.5 Å². The maximum atomic E-state index is 9.83. The Labute approximate surface area is 164 Å². The predicted molar refractivity (Wildman–Crippen MR) is 105 cm³/mol. The summed E-state index contributed by atoms with van der Waals surface area (Å²) >= 11 is 3.25. The van der Waals surface area contributed by atoms with Crippen molar-refractivity contribution < 1.29 is 14.3 Å². The van der Waals surface area contributed by atoms with Gasteiger partial charge in [0.1, 0.15) is 6.07 Å². The number of halogens is 1. The van der Waals surface area contributed by atoms with E-state index in [2.05, 4.69) is 31.4 Å². The molecule has 0 saturated heterocycles. The molecule has 1 aromatic heterocycles. The Morgan fingerprint density at radius 1 is 1.33 bits per heavy atom. The fourth-order valence-electron chi connectivity index (χ4n) is 2.28. The van der Waals surface area contributed by atoms with Gasteiger partial charge in [0.05, 0.1) is 17.8 Å². The van der Waals surface area contributed by atoms with Crippen molar-refractivity contribution in [1.82, 2.24) is 4.98 Å². The Kier molecular flexibility index (Phi) is 5.43. The van der Waals surface area contributed by atoms with Crippen molar-refractivity contribution in [2.75, 3.05) is 12.5 Å². The maximum Gasteiger partial charge on any atom is 0.252 e. The molecule has 136 valence electrons. The molecule has 2 aromatic carbocycles. The minimum Gasteiger partial charge on any atom is -0.503 e. The molecule has 0 spiro atoms. The number of aryl methyl sites for hydroxylation is 1. The van der Waals surface area contributed by atoms with Gasteiger partial charge in [0.25, 0.3) is 5.88 Å². The lowest BCUT2D eigenvalue weighted by atomic mass is 10.1. The first-order valence-corrected chi connectivity index (χ1v) is 8.64. The summed E-state index contributed by atoms with van der Waals surface area (Å²) in [7, 11) is 1.46. The normalized spacial score (nSPS) is 10.7. The number of hydrogen-bond donors (Lipinski definition) is 2. The van der Waals surface area contributed by atoms with E-state index in [0.29, 0.717) is 21.7 Å². The highest BCUT2D eigenvalue weighted by Gasteiger charge is 2.14. The van der Waals surface area contributed by atoms with Crippen LogP contribution in [0.1, 0.15) is 16.8 Å². The standard InChI is InChI=1S/C19H15BrN4O3/c1-11-3-5-13(6-4-11)18-23-15(9-21)19(27-18)24-22-10-12-7-14(20)17(25)16(8-12)26-2/h3-8,10,24-25H,1-2H3/b22-10+. The van der Waals surface area contributed by atoms with Crippen molar-refractivity contribution in [2.24, 2.45) is 5.10 Å². The van der Waals surface area contributed by atoms with E-state index >= 15 is 0 Å². The van der Waals surface area contributed by atoms with Crippen LogP contribution in [0, 0.1) is 18.3 Å². The molecule has 0 bridgehead atoms. The fraction of sp³-hybridized carbons (Fsp3) is 0.105. The number of oxazole rings is 1. The monoisotopic (exact) mass is 426 g/mol. The van der Waals surface area contributed by atoms with Gasteiger partial charge in [-0.2, -0.15) is 15.3 Å². The second kappa shape index (κ2) is 7.93. The van der Waals surface area contributed by atoms with Crippen molar-refractivity contribution in [3.63, 3.8) is 0 Å². The largest absolute Gasteiger partial charge is 0.503 e. The molecule has 3 rings (SSSR count). The average Bonchev–Trinajstić information content (AvgIpc) is 3.08. The van der Waals surface area contributed by atoms with Crippen LogP contribution in [0.4, 0.5) is 5.88 Å². The first-order valence-electron chi connectivity index (χ1n) is 7.85. The summed E-state index contributed by atoms with van der Waals surface area (Å²) in [5, 5.41) is 23.2. The zero-order valence-electron chi connectivity index (χ0n) is 14.5. The molecular weight excluding hydrogens is 412 g/mol. The summed E-state index contributed by atoms with van der Waals surface area (Å²) in [6.45, 7) is 1.98. The number of nitrogens with zero attached hydrogens (tertiary/aromatic N) is 3. The second-order valence-electron chi connectivity index (χ2n) is 5.60. The Balaban J connectivity index is 1.82. The topological polar surface area (TPSA) is 104 Å². The number of methoxy groups -OCH3 is 1. The van der Waals surface area contributed by atoms with Gasteiger partial charge in [0.2, 0.25) is 11.6 Å². The minimum absolute atomic E-state index is 0.00681. The summed E-state index contributed by atoms with van der Waals surface area (Å²) < 4.78 is 11.2. The molecule has 0 aliphatic carbocycles. The van der Waals surface area contributed by atoms with E-state index < -0.39 is 0 Å². The molecule has 3 aromatic rings. The minimum atomic E-state index is 0.00681. The van der Waals surface area contributed by atoms with Crippen LogP contribution in [0.15, 0.2) is 50.4 Å². The third kappa shape index (κ3) is 4.10. The Hall–Kier alpha value is -3.31. The Bertz CT molecular complexity index is 1040. The van der Waals surface area contributed by atoms with Crippen molar-refractivity contribution >= 4 is 28.0 Å². The average molecular weight is 427 g/mol. The Morgan fingerprint density at radius 3 is 2.74 bits per heavy atom. The number of rotatable bonds is 5. The molecule has 0 radical (unpaired) electrons. The fourth-order valence-corrected chi connectivity index (χ4v) is 2.74. The van der Waals surface area contributed by atoms with Gasteiger partial charge in [-0.25, -0.2) is 5.43 Å². The number of aromatic hydroxyl groups is 1. The number of nitrogens with one attached hydrogen (secondary N) is 1. The lowest BCUT2D eigenvalue weighted by Gasteiger charge is -2.06. The number of anilines is 1. The molecule has 0 aliphatic rings. The van der Waals surface area contributed by atoms with Crippen molar-refractivity contribution in [3.05, 3.63) is 57.7 Å². The number of hydrogen-bond acceptors (Lipinski definition) is 7. The number of phenols is 1. The molecule has 1 heterocycles. The van der Waals surface area contributed by atoms with E-state index in [1.54, 1.807) is 12.1 Å². The van der Waals surface area contributed by atoms with Crippen LogP contribution in [-0.4, -0.2) is 23.4 Å².